The van der Waals surface area contributed by atoms with Crippen LogP contribution in [0.1, 0.15) is 56.2 Å². The van der Waals surface area contributed by atoms with Gasteiger partial charge in [0.1, 0.15) is 35.6 Å². The molecule has 1 aromatic heterocycles. The second kappa shape index (κ2) is 9.62. The summed E-state index contributed by atoms with van der Waals surface area (Å²) in [6.07, 6.45) is 1.87. The molecule has 190 valence electrons. The quantitative estimate of drug-likeness (QED) is 0.462. The monoisotopic (exact) mass is 500 g/mol. The van der Waals surface area contributed by atoms with Crippen LogP contribution in [-0.2, 0) is 17.9 Å². The fourth-order valence-electron chi connectivity index (χ4n) is 4.17. The highest BCUT2D eigenvalue weighted by atomic mass is 16.6. The van der Waals surface area contributed by atoms with Crippen molar-refractivity contribution in [1.29, 1.82) is 5.26 Å². The number of benzene rings is 2. The number of nitriles is 1. The van der Waals surface area contributed by atoms with Gasteiger partial charge in [-0.3, -0.25) is 9.47 Å². The predicted octanol–water partition coefficient (Wildman–Crippen LogP) is 5.12. The van der Waals surface area contributed by atoms with Crippen molar-refractivity contribution in [3.63, 3.8) is 0 Å². The summed E-state index contributed by atoms with van der Waals surface area (Å²) in [7, 11) is 0. The number of hydrogen-bond acceptors (Lipinski definition) is 7. The van der Waals surface area contributed by atoms with Crippen LogP contribution in [0.3, 0.4) is 0 Å². The van der Waals surface area contributed by atoms with E-state index in [-0.39, 0.29) is 12.5 Å². The fourth-order valence-corrected chi connectivity index (χ4v) is 4.17. The first-order chi connectivity index (χ1) is 17.7. The minimum absolute atomic E-state index is 0.0778. The number of carbonyl (C=O) groups is 1. The minimum atomic E-state index is -0.661. The van der Waals surface area contributed by atoms with Crippen LogP contribution < -0.4 is 20.1 Å². The Kier molecular flexibility index (Phi) is 6.34. The minimum Gasteiger partial charge on any atom is -0.473 e. The Morgan fingerprint density at radius 1 is 1.14 bits per heavy atom. The molecule has 2 heterocycles. The third-order valence-corrected chi connectivity index (χ3v) is 6.09. The lowest BCUT2D eigenvalue weighted by molar-refractivity contribution is 0.0584. The molecule has 9 nitrogen and oxygen atoms in total. The van der Waals surface area contributed by atoms with E-state index in [0.29, 0.717) is 47.5 Å². The standard InChI is InChI=1S/C28H28N4O5/c1-28(2,3)37-27(34)32-12-11-31-25(32)15-24(30-26(31)33)35-17-18-7-10-23(21(13-18)16-29)36-22-6-4-5-20(14-22)19-8-9-19/h4-7,10,13-15,19H,8-9,11-12,17H2,1-3H3. The molecule has 1 saturated carbocycles. The van der Waals surface area contributed by atoms with Crippen molar-refractivity contribution in [2.75, 3.05) is 11.4 Å². The lowest BCUT2D eigenvalue weighted by Crippen LogP contribution is -2.36. The number of aromatic nitrogens is 2. The Morgan fingerprint density at radius 2 is 1.95 bits per heavy atom. The average molecular weight is 501 g/mol. The second-order valence-corrected chi connectivity index (χ2v) is 10.2. The van der Waals surface area contributed by atoms with Crippen LogP contribution in [0.5, 0.6) is 17.4 Å². The Hall–Kier alpha value is -4.32. The molecule has 1 amide bonds. The number of fused-ring (bicyclic) bond motifs is 1. The van der Waals surface area contributed by atoms with Crippen LogP contribution in [0.15, 0.2) is 53.3 Å². The van der Waals surface area contributed by atoms with Crippen molar-refractivity contribution < 1.29 is 19.0 Å². The van der Waals surface area contributed by atoms with E-state index in [4.69, 9.17) is 14.2 Å². The van der Waals surface area contributed by atoms with Gasteiger partial charge >= 0.3 is 11.8 Å². The zero-order valence-electron chi connectivity index (χ0n) is 21.1. The molecule has 1 aliphatic carbocycles. The van der Waals surface area contributed by atoms with E-state index >= 15 is 0 Å². The molecule has 0 radical (unpaired) electrons. The molecule has 0 N–H and O–H groups in total. The van der Waals surface area contributed by atoms with Crippen LogP contribution in [0.25, 0.3) is 0 Å². The highest BCUT2D eigenvalue weighted by Crippen LogP contribution is 2.41. The Morgan fingerprint density at radius 3 is 2.68 bits per heavy atom. The van der Waals surface area contributed by atoms with Gasteiger partial charge in [0.15, 0.2) is 0 Å². The predicted molar refractivity (Wildman–Crippen MR) is 136 cm³/mol. The van der Waals surface area contributed by atoms with Crippen LogP contribution in [0, 0.1) is 11.3 Å². The summed E-state index contributed by atoms with van der Waals surface area (Å²) in [5.41, 5.74) is 1.17. The maximum atomic E-state index is 12.6. The first-order valence-electron chi connectivity index (χ1n) is 12.3. The summed E-state index contributed by atoms with van der Waals surface area (Å²) in [5.74, 6) is 2.22. The largest absolute Gasteiger partial charge is 0.473 e. The van der Waals surface area contributed by atoms with Crippen molar-refractivity contribution in [3.8, 4) is 23.4 Å². The smallest absolute Gasteiger partial charge is 0.416 e. The molecule has 0 saturated heterocycles. The molecular formula is C28H28N4O5. The van der Waals surface area contributed by atoms with Gasteiger partial charge in [-0.1, -0.05) is 18.2 Å². The molecular weight excluding hydrogens is 472 g/mol. The molecule has 2 aromatic carbocycles. The third kappa shape index (κ3) is 5.59. The Bertz CT molecular complexity index is 1450. The van der Waals surface area contributed by atoms with Crippen LogP contribution in [-0.4, -0.2) is 27.8 Å². The number of amides is 1. The molecule has 0 bridgehead atoms. The molecule has 5 rings (SSSR count). The summed E-state index contributed by atoms with van der Waals surface area (Å²) in [4.78, 5) is 30.5. The van der Waals surface area contributed by atoms with Crippen molar-refractivity contribution in [2.45, 2.75) is 58.3 Å². The van der Waals surface area contributed by atoms with Gasteiger partial charge in [0.25, 0.3) is 0 Å². The molecule has 2 aliphatic rings. The SMILES string of the molecule is CC(C)(C)OC(=O)N1CCn2c1cc(OCc1ccc(Oc3cccc(C4CC4)c3)c(C#N)c1)nc2=O. The summed E-state index contributed by atoms with van der Waals surface area (Å²) < 4.78 is 18.7. The van der Waals surface area contributed by atoms with Crippen molar-refractivity contribution in [2.24, 2.45) is 0 Å². The van der Waals surface area contributed by atoms with Gasteiger partial charge in [-0.05, 0) is 74.9 Å². The Labute approximate surface area is 214 Å². The third-order valence-electron chi connectivity index (χ3n) is 6.09. The lowest BCUT2D eigenvalue weighted by atomic mass is 10.1. The molecule has 1 fully saturated rings. The van der Waals surface area contributed by atoms with Crippen molar-refractivity contribution >= 4 is 11.9 Å². The van der Waals surface area contributed by atoms with Crippen LogP contribution in [0.4, 0.5) is 10.6 Å². The number of nitrogens with zero attached hydrogens (tertiary/aromatic N) is 4. The fraction of sp³-hybridized carbons (Fsp3) is 0.357. The molecule has 1 aliphatic heterocycles. The molecule has 9 heteroatoms. The second-order valence-electron chi connectivity index (χ2n) is 10.2. The molecule has 0 spiro atoms. The van der Waals surface area contributed by atoms with Crippen molar-refractivity contribution in [1.82, 2.24) is 9.55 Å². The summed E-state index contributed by atoms with van der Waals surface area (Å²) >= 11 is 0. The molecule has 0 atom stereocenters. The number of anilines is 1. The highest BCUT2D eigenvalue weighted by molar-refractivity contribution is 5.87. The van der Waals surface area contributed by atoms with Crippen molar-refractivity contribution in [3.05, 3.63) is 75.7 Å². The van der Waals surface area contributed by atoms with Gasteiger partial charge in [-0.25, -0.2) is 9.59 Å². The number of rotatable bonds is 6. The van der Waals surface area contributed by atoms with Gasteiger partial charge in [-0.15, -0.1) is 0 Å². The van der Waals surface area contributed by atoms with Crippen LogP contribution >= 0.6 is 0 Å². The summed E-state index contributed by atoms with van der Waals surface area (Å²) in [6, 6.07) is 16.9. The van der Waals surface area contributed by atoms with E-state index in [1.165, 1.54) is 27.9 Å². The topological polar surface area (TPSA) is 107 Å². The first-order valence-corrected chi connectivity index (χ1v) is 12.3. The normalized spacial score (nSPS) is 14.6. The average Bonchev–Trinajstić information content (AvgIpc) is 3.61. The van der Waals surface area contributed by atoms with E-state index < -0.39 is 17.4 Å². The number of ether oxygens (including phenoxy) is 3. The van der Waals surface area contributed by atoms with Gasteiger partial charge in [-0.2, -0.15) is 10.2 Å². The van der Waals surface area contributed by atoms with E-state index in [2.05, 4.69) is 17.1 Å². The number of carbonyl (C=O) groups excluding carboxylic acids is 1. The van der Waals surface area contributed by atoms with Gasteiger partial charge in [0.2, 0.25) is 5.88 Å². The van der Waals surface area contributed by atoms with Gasteiger partial charge in [0.05, 0.1) is 5.56 Å². The maximum Gasteiger partial charge on any atom is 0.416 e. The zero-order chi connectivity index (χ0) is 26.2. The van der Waals surface area contributed by atoms with Gasteiger partial charge in [0, 0.05) is 19.2 Å². The zero-order valence-corrected chi connectivity index (χ0v) is 21.1. The summed E-state index contributed by atoms with van der Waals surface area (Å²) in [6.45, 7) is 6.07. The van der Waals surface area contributed by atoms with E-state index in [1.807, 2.05) is 18.2 Å². The van der Waals surface area contributed by atoms with Gasteiger partial charge < -0.3 is 14.2 Å². The number of hydrogen-bond donors (Lipinski definition) is 0. The summed E-state index contributed by atoms with van der Waals surface area (Å²) in [5, 5.41) is 9.69. The lowest BCUT2D eigenvalue weighted by Gasteiger charge is -2.24. The maximum absolute atomic E-state index is 12.6. The highest BCUT2D eigenvalue weighted by Gasteiger charge is 2.30. The van der Waals surface area contributed by atoms with E-state index in [9.17, 15) is 14.9 Å². The van der Waals surface area contributed by atoms with E-state index in [0.717, 1.165) is 0 Å². The molecule has 3 aromatic rings. The van der Waals surface area contributed by atoms with Crippen LogP contribution in [0.2, 0.25) is 0 Å². The molecule has 37 heavy (non-hydrogen) atoms. The first kappa shape index (κ1) is 24.4. The molecule has 0 unspecified atom stereocenters. The van der Waals surface area contributed by atoms with E-state index in [1.54, 1.807) is 45.0 Å². The Balaban J connectivity index is 1.29.